The van der Waals surface area contributed by atoms with Crippen molar-refractivity contribution in [2.24, 2.45) is 11.3 Å². The number of nitrogens with one attached hydrogen (secondary N) is 2. The number of aliphatic hydroxyl groups is 1. The Balaban J connectivity index is 1.52. The van der Waals surface area contributed by atoms with E-state index in [0.717, 1.165) is 23.7 Å². The molecular formula is C16H22N2O2. The highest BCUT2D eigenvalue weighted by molar-refractivity contribution is 5.89. The van der Waals surface area contributed by atoms with Crippen molar-refractivity contribution in [1.82, 2.24) is 5.32 Å². The minimum absolute atomic E-state index is 0.153. The summed E-state index contributed by atoms with van der Waals surface area (Å²) in [5, 5.41) is 15.4. The smallest absolute Gasteiger partial charge is 0.319 e. The van der Waals surface area contributed by atoms with Gasteiger partial charge in [-0.25, -0.2) is 4.79 Å². The van der Waals surface area contributed by atoms with E-state index in [1.165, 1.54) is 25.7 Å². The molecule has 3 N–H and O–H groups in total. The van der Waals surface area contributed by atoms with E-state index in [1.54, 1.807) is 13.0 Å². The van der Waals surface area contributed by atoms with E-state index in [9.17, 15) is 9.90 Å². The lowest BCUT2D eigenvalue weighted by atomic mass is 10.0. The number of hydrogen-bond donors (Lipinski definition) is 3. The van der Waals surface area contributed by atoms with Gasteiger partial charge in [-0.1, -0.05) is 12.1 Å². The van der Waals surface area contributed by atoms with Crippen LogP contribution in [0.2, 0.25) is 0 Å². The topological polar surface area (TPSA) is 61.4 Å². The van der Waals surface area contributed by atoms with Crippen molar-refractivity contribution < 1.29 is 9.90 Å². The number of urea groups is 1. The number of aliphatic hydroxyl groups excluding tert-OH is 1. The van der Waals surface area contributed by atoms with Gasteiger partial charge in [-0.2, -0.15) is 0 Å². The summed E-state index contributed by atoms with van der Waals surface area (Å²) in [5.74, 6) is 0.848. The predicted octanol–water partition coefficient (Wildman–Crippen LogP) is 3.05. The highest BCUT2D eigenvalue weighted by Gasteiger charge is 2.53. The molecule has 0 saturated heterocycles. The van der Waals surface area contributed by atoms with E-state index in [1.807, 2.05) is 18.2 Å². The second-order valence-electron chi connectivity index (χ2n) is 6.25. The zero-order chi connectivity index (χ0) is 14.2. The number of benzene rings is 1. The average Bonchev–Trinajstić information content (AvgIpc) is 3.27. The molecule has 20 heavy (non-hydrogen) atoms. The molecule has 1 unspecified atom stereocenters. The molecular weight excluding hydrogens is 252 g/mol. The van der Waals surface area contributed by atoms with Crippen LogP contribution in [0.25, 0.3) is 0 Å². The van der Waals surface area contributed by atoms with Crippen molar-refractivity contribution in [3.05, 3.63) is 29.8 Å². The molecule has 0 heterocycles. The van der Waals surface area contributed by atoms with Crippen LogP contribution in [-0.2, 0) is 0 Å². The monoisotopic (exact) mass is 274 g/mol. The molecule has 0 aliphatic heterocycles. The maximum atomic E-state index is 11.9. The molecule has 1 aromatic rings. The third kappa shape index (κ3) is 2.96. The van der Waals surface area contributed by atoms with Gasteiger partial charge in [-0.15, -0.1) is 0 Å². The van der Waals surface area contributed by atoms with Crippen molar-refractivity contribution in [3.63, 3.8) is 0 Å². The lowest BCUT2D eigenvalue weighted by Crippen LogP contribution is -2.34. The molecule has 2 aliphatic rings. The van der Waals surface area contributed by atoms with Gasteiger partial charge < -0.3 is 15.7 Å². The van der Waals surface area contributed by atoms with Crippen molar-refractivity contribution in [3.8, 4) is 0 Å². The number of amides is 2. The van der Waals surface area contributed by atoms with Crippen molar-refractivity contribution >= 4 is 11.7 Å². The van der Waals surface area contributed by atoms with Crippen LogP contribution in [0, 0.1) is 11.3 Å². The van der Waals surface area contributed by atoms with Gasteiger partial charge in [-0.05, 0) is 61.6 Å². The van der Waals surface area contributed by atoms with Crippen LogP contribution in [0.4, 0.5) is 10.5 Å². The highest BCUT2D eigenvalue weighted by Crippen LogP contribution is 2.60. The third-order valence-corrected chi connectivity index (χ3v) is 4.56. The lowest BCUT2D eigenvalue weighted by Gasteiger charge is -2.16. The molecule has 1 atom stereocenters. The van der Waals surface area contributed by atoms with Gasteiger partial charge in [0.25, 0.3) is 0 Å². The van der Waals surface area contributed by atoms with E-state index in [2.05, 4.69) is 10.6 Å². The lowest BCUT2D eigenvalue weighted by molar-refractivity contribution is 0.199. The minimum Gasteiger partial charge on any atom is -0.389 e. The van der Waals surface area contributed by atoms with Crippen LogP contribution >= 0.6 is 0 Å². The van der Waals surface area contributed by atoms with Crippen LogP contribution < -0.4 is 10.6 Å². The average molecular weight is 274 g/mol. The summed E-state index contributed by atoms with van der Waals surface area (Å²) in [6, 6.07) is 7.17. The quantitative estimate of drug-likeness (QED) is 0.772. The van der Waals surface area contributed by atoms with E-state index in [0.29, 0.717) is 5.41 Å². The molecule has 2 fully saturated rings. The van der Waals surface area contributed by atoms with Crippen LogP contribution in [0.15, 0.2) is 24.3 Å². The van der Waals surface area contributed by atoms with Gasteiger partial charge in [0.15, 0.2) is 0 Å². The molecule has 0 aromatic heterocycles. The molecule has 4 heteroatoms. The Bertz CT molecular complexity index is 505. The first kappa shape index (κ1) is 13.4. The van der Waals surface area contributed by atoms with Crippen LogP contribution in [0.3, 0.4) is 0 Å². The Morgan fingerprint density at radius 3 is 2.80 bits per heavy atom. The van der Waals surface area contributed by atoms with Crippen molar-refractivity contribution in [2.45, 2.75) is 38.7 Å². The highest BCUT2D eigenvalue weighted by atomic mass is 16.3. The SMILES string of the molecule is CC(O)c1cccc(NC(=O)NCC2(C3CC3)CC2)c1. The molecule has 2 saturated carbocycles. The molecule has 4 nitrogen and oxygen atoms in total. The molecule has 0 spiro atoms. The standard InChI is InChI=1S/C16H22N2O2/c1-11(19)12-3-2-4-14(9-12)18-15(20)17-10-16(7-8-16)13-5-6-13/h2-4,9,11,13,19H,5-8,10H2,1H3,(H2,17,18,20). The Labute approximate surface area is 119 Å². The molecule has 108 valence electrons. The number of carbonyl (C=O) groups excluding carboxylic acids is 1. The zero-order valence-corrected chi connectivity index (χ0v) is 11.9. The Kier molecular flexibility index (Phi) is 3.42. The summed E-state index contributed by atoms with van der Waals surface area (Å²) in [7, 11) is 0. The fourth-order valence-electron chi connectivity index (χ4n) is 2.89. The first-order chi connectivity index (χ1) is 9.59. The summed E-state index contributed by atoms with van der Waals surface area (Å²) in [6.45, 7) is 2.51. The summed E-state index contributed by atoms with van der Waals surface area (Å²) >= 11 is 0. The predicted molar refractivity (Wildman–Crippen MR) is 78.5 cm³/mol. The molecule has 0 radical (unpaired) electrons. The van der Waals surface area contributed by atoms with Gasteiger partial charge in [0.05, 0.1) is 6.10 Å². The first-order valence-electron chi connectivity index (χ1n) is 7.42. The van der Waals surface area contributed by atoms with E-state index in [-0.39, 0.29) is 6.03 Å². The normalized spacial score (nSPS) is 21.1. The van der Waals surface area contributed by atoms with Crippen molar-refractivity contribution in [1.29, 1.82) is 0 Å². The number of anilines is 1. The maximum Gasteiger partial charge on any atom is 0.319 e. The fraction of sp³-hybridized carbons (Fsp3) is 0.562. The fourth-order valence-corrected chi connectivity index (χ4v) is 2.89. The van der Waals surface area contributed by atoms with Gasteiger partial charge >= 0.3 is 6.03 Å². The molecule has 2 aliphatic carbocycles. The Morgan fingerprint density at radius 2 is 2.20 bits per heavy atom. The molecule has 0 bridgehead atoms. The van der Waals surface area contributed by atoms with Crippen molar-refractivity contribution in [2.75, 3.05) is 11.9 Å². The largest absolute Gasteiger partial charge is 0.389 e. The van der Waals surface area contributed by atoms with Gasteiger partial charge in [0.1, 0.15) is 0 Å². The van der Waals surface area contributed by atoms with Gasteiger partial charge in [-0.3, -0.25) is 0 Å². The maximum absolute atomic E-state index is 11.9. The summed E-state index contributed by atoms with van der Waals surface area (Å²) in [5.41, 5.74) is 1.94. The van der Waals surface area contributed by atoms with Gasteiger partial charge in [0, 0.05) is 12.2 Å². The third-order valence-electron chi connectivity index (χ3n) is 4.56. The van der Waals surface area contributed by atoms with Crippen LogP contribution in [0.5, 0.6) is 0 Å². The Morgan fingerprint density at radius 1 is 1.45 bits per heavy atom. The number of carbonyl (C=O) groups is 1. The van der Waals surface area contributed by atoms with E-state index < -0.39 is 6.10 Å². The number of rotatable bonds is 5. The summed E-state index contributed by atoms with van der Waals surface area (Å²) in [6.07, 6.45) is 4.66. The van der Waals surface area contributed by atoms with Crippen LogP contribution in [0.1, 0.15) is 44.3 Å². The van der Waals surface area contributed by atoms with Gasteiger partial charge in [0.2, 0.25) is 0 Å². The van der Waals surface area contributed by atoms with E-state index >= 15 is 0 Å². The Hall–Kier alpha value is -1.55. The number of hydrogen-bond acceptors (Lipinski definition) is 2. The first-order valence-corrected chi connectivity index (χ1v) is 7.42. The molecule has 1 aromatic carbocycles. The second-order valence-corrected chi connectivity index (χ2v) is 6.25. The van der Waals surface area contributed by atoms with Crippen LogP contribution in [-0.4, -0.2) is 17.7 Å². The molecule has 3 rings (SSSR count). The summed E-state index contributed by atoms with van der Waals surface area (Å²) in [4.78, 5) is 11.9. The zero-order valence-electron chi connectivity index (χ0n) is 11.9. The minimum atomic E-state index is -0.524. The summed E-state index contributed by atoms with van der Waals surface area (Å²) < 4.78 is 0. The van der Waals surface area contributed by atoms with E-state index in [4.69, 9.17) is 0 Å². The molecule has 2 amide bonds. The second kappa shape index (κ2) is 5.09.